The molecule has 98 valence electrons. The van der Waals surface area contributed by atoms with Crippen LogP contribution >= 0.6 is 11.6 Å². The predicted octanol–water partition coefficient (Wildman–Crippen LogP) is 3.43. The fourth-order valence-corrected chi connectivity index (χ4v) is 1.28. The van der Waals surface area contributed by atoms with E-state index in [1.807, 2.05) is 13.0 Å². The summed E-state index contributed by atoms with van der Waals surface area (Å²) in [5.74, 6) is 0.751. The topological polar surface area (TPSA) is 35.5 Å². The summed E-state index contributed by atoms with van der Waals surface area (Å²) in [6.07, 6.45) is 4.07. The molecule has 0 saturated carbocycles. The molecule has 3 nitrogen and oxygen atoms in total. The fourth-order valence-electron chi connectivity index (χ4n) is 1.20. The van der Waals surface area contributed by atoms with Crippen LogP contribution in [0.25, 0.3) is 0 Å². The molecule has 0 spiro atoms. The molecule has 4 heteroatoms. The normalized spacial score (nSPS) is 13.3. The fraction of sp³-hybridized carbons (Fsp3) is 0.615. The van der Waals surface area contributed by atoms with Crippen LogP contribution in [0.3, 0.4) is 0 Å². The van der Waals surface area contributed by atoms with E-state index >= 15 is 0 Å². The molecular weight excluding hydrogens is 240 g/mol. The molecule has 0 N–H and O–H groups in total. The van der Waals surface area contributed by atoms with E-state index < -0.39 is 5.24 Å². The number of unbranched alkanes of at least 4 members (excludes halogenated alkanes) is 1. The van der Waals surface area contributed by atoms with Crippen molar-refractivity contribution in [2.75, 3.05) is 13.7 Å². The summed E-state index contributed by atoms with van der Waals surface area (Å²) in [5, 5.41) is -0.516. The molecule has 0 radical (unpaired) electrons. The number of carbonyl (C=O) groups excluding carboxylic acids is 1. The zero-order valence-corrected chi connectivity index (χ0v) is 11.5. The first-order valence-corrected chi connectivity index (χ1v) is 6.10. The average molecular weight is 261 g/mol. The minimum Gasteiger partial charge on any atom is -0.502 e. The van der Waals surface area contributed by atoms with Crippen LogP contribution in [0.15, 0.2) is 24.0 Å². The second-order valence-electron chi connectivity index (χ2n) is 3.83. The molecule has 0 aromatic heterocycles. The van der Waals surface area contributed by atoms with Gasteiger partial charge in [-0.25, -0.2) is 0 Å². The van der Waals surface area contributed by atoms with Gasteiger partial charge in [-0.3, -0.25) is 4.79 Å². The Labute approximate surface area is 108 Å². The number of ether oxygens (including phenoxy) is 2. The van der Waals surface area contributed by atoms with Crippen molar-refractivity contribution in [3.63, 3.8) is 0 Å². The number of hydrogen-bond acceptors (Lipinski definition) is 3. The molecule has 0 saturated heterocycles. The lowest BCUT2D eigenvalue weighted by molar-refractivity contribution is -0.108. The van der Waals surface area contributed by atoms with E-state index in [2.05, 4.69) is 13.5 Å². The smallest absolute Gasteiger partial charge is 0.247 e. The maximum Gasteiger partial charge on any atom is 0.247 e. The molecule has 0 aliphatic rings. The molecule has 0 aromatic carbocycles. The van der Waals surface area contributed by atoms with E-state index in [0.717, 1.165) is 18.6 Å². The van der Waals surface area contributed by atoms with Crippen molar-refractivity contribution in [2.24, 2.45) is 0 Å². The summed E-state index contributed by atoms with van der Waals surface area (Å²) in [6.45, 7) is 8.20. The Morgan fingerprint density at radius 2 is 2.18 bits per heavy atom. The quantitative estimate of drug-likeness (QED) is 0.276. The van der Waals surface area contributed by atoms with E-state index in [9.17, 15) is 4.79 Å². The third-order valence-corrected chi connectivity index (χ3v) is 2.57. The van der Waals surface area contributed by atoms with Crippen LogP contribution in [0.5, 0.6) is 0 Å². The van der Waals surface area contributed by atoms with Crippen molar-refractivity contribution in [3.05, 3.63) is 24.0 Å². The zero-order valence-electron chi connectivity index (χ0n) is 10.8. The predicted molar refractivity (Wildman–Crippen MR) is 70.0 cm³/mol. The summed E-state index contributed by atoms with van der Waals surface area (Å²) in [4.78, 5) is 10.9. The minimum absolute atomic E-state index is 0.211. The molecule has 0 fully saturated rings. The summed E-state index contributed by atoms with van der Waals surface area (Å²) in [6, 6.07) is 0. The lowest BCUT2D eigenvalue weighted by atomic mass is 10.1. The Hall–Kier alpha value is -0.800. The van der Waals surface area contributed by atoms with Crippen molar-refractivity contribution < 1.29 is 14.3 Å². The van der Waals surface area contributed by atoms with Crippen molar-refractivity contribution in [1.82, 2.24) is 0 Å². The molecule has 0 bridgehead atoms. The van der Waals surface area contributed by atoms with Gasteiger partial charge in [0.05, 0.1) is 19.0 Å². The highest BCUT2D eigenvalue weighted by Gasteiger charge is 2.12. The van der Waals surface area contributed by atoms with Gasteiger partial charge >= 0.3 is 0 Å². The van der Waals surface area contributed by atoms with Crippen molar-refractivity contribution in [3.8, 4) is 0 Å². The highest BCUT2D eigenvalue weighted by atomic mass is 35.5. The van der Waals surface area contributed by atoms with Crippen molar-refractivity contribution >= 4 is 16.8 Å². The lowest BCUT2D eigenvalue weighted by Crippen LogP contribution is -2.14. The summed E-state index contributed by atoms with van der Waals surface area (Å²) < 4.78 is 10.7. The Morgan fingerprint density at radius 1 is 1.53 bits per heavy atom. The number of methoxy groups -OCH3 is 1. The van der Waals surface area contributed by atoms with E-state index in [4.69, 9.17) is 21.1 Å². The number of allylic oxidation sites excluding steroid dienone is 1. The highest BCUT2D eigenvalue weighted by molar-refractivity contribution is 6.67. The highest BCUT2D eigenvalue weighted by Crippen LogP contribution is 2.13. The van der Waals surface area contributed by atoms with Gasteiger partial charge in [0, 0.05) is 18.6 Å². The Balaban J connectivity index is 4.39. The van der Waals surface area contributed by atoms with E-state index in [1.54, 1.807) is 7.11 Å². The number of carbonyl (C=O) groups is 1. The van der Waals surface area contributed by atoms with Crippen LogP contribution in [0, 0.1) is 0 Å². The number of hydrogen-bond donors (Lipinski definition) is 0. The van der Waals surface area contributed by atoms with E-state index in [1.165, 1.54) is 0 Å². The molecule has 0 rings (SSSR count). The number of halogens is 1. The molecule has 0 aliphatic carbocycles. The molecule has 0 aliphatic heterocycles. The van der Waals surface area contributed by atoms with Gasteiger partial charge in [0.15, 0.2) is 0 Å². The van der Waals surface area contributed by atoms with Gasteiger partial charge in [-0.2, -0.15) is 0 Å². The first-order chi connectivity index (χ1) is 8.01. The second-order valence-corrected chi connectivity index (χ2v) is 4.17. The minimum atomic E-state index is -0.516. The molecule has 1 atom stereocenters. The zero-order chi connectivity index (χ0) is 13.3. The summed E-state index contributed by atoms with van der Waals surface area (Å²) in [5.41, 5.74) is 0.355. The van der Waals surface area contributed by atoms with Gasteiger partial charge in [-0.05, 0) is 31.0 Å². The molecule has 0 amide bonds. The first-order valence-electron chi connectivity index (χ1n) is 5.72. The molecule has 17 heavy (non-hydrogen) atoms. The van der Waals surface area contributed by atoms with Crippen LogP contribution in [0.4, 0.5) is 0 Å². The average Bonchev–Trinajstić information content (AvgIpc) is 2.28. The number of rotatable bonds is 9. The van der Waals surface area contributed by atoms with Crippen LogP contribution in [-0.4, -0.2) is 25.1 Å². The molecule has 0 aromatic rings. The van der Waals surface area contributed by atoms with Crippen molar-refractivity contribution in [1.29, 1.82) is 0 Å². The SMILES string of the molecule is C=C(C[C@H](/C=C(\C)OC)OCCCC)C(=O)Cl. The van der Waals surface area contributed by atoms with Crippen LogP contribution in [-0.2, 0) is 14.3 Å². The molecular formula is C13H21ClO3. The largest absolute Gasteiger partial charge is 0.502 e. The second kappa shape index (κ2) is 9.25. The maximum absolute atomic E-state index is 10.9. The van der Waals surface area contributed by atoms with Gasteiger partial charge in [0.25, 0.3) is 0 Å². The Bertz CT molecular complexity index is 284. The van der Waals surface area contributed by atoms with E-state index in [-0.39, 0.29) is 6.10 Å². The maximum atomic E-state index is 10.9. The third kappa shape index (κ3) is 8.00. The van der Waals surface area contributed by atoms with Crippen LogP contribution < -0.4 is 0 Å². The van der Waals surface area contributed by atoms with Gasteiger partial charge in [-0.15, -0.1) is 0 Å². The molecule has 0 unspecified atom stereocenters. The third-order valence-electron chi connectivity index (χ3n) is 2.30. The van der Waals surface area contributed by atoms with Crippen LogP contribution in [0.1, 0.15) is 33.1 Å². The van der Waals surface area contributed by atoms with Crippen molar-refractivity contribution in [2.45, 2.75) is 39.2 Å². The first kappa shape index (κ1) is 16.2. The van der Waals surface area contributed by atoms with E-state index in [0.29, 0.717) is 18.6 Å². The Morgan fingerprint density at radius 3 is 2.65 bits per heavy atom. The van der Waals surface area contributed by atoms with Gasteiger partial charge in [-0.1, -0.05) is 19.9 Å². The summed E-state index contributed by atoms with van der Waals surface area (Å²) in [7, 11) is 1.59. The Kier molecular flexibility index (Phi) is 8.82. The monoisotopic (exact) mass is 260 g/mol. The van der Waals surface area contributed by atoms with Gasteiger partial charge in [0.2, 0.25) is 5.24 Å². The summed E-state index contributed by atoms with van der Waals surface area (Å²) >= 11 is 5.36. The van der Waals surface area contributed by atoms with Crippen LogP contribution in [0.2, 0.25) is 0 Å². The standard InChI is InChI=1S/C13H21ClO3/c1-5-6-7-17-12(9-11(3)16-4)8-10(2)13(14)15/h9,12H,2,5-8H2,1,3-4H3/b11-9+/t12-/m1/s1. The van der Waals surface area contributed by atoms with Gasteiger partial charge < -0.3 is 9.47 Å². The lowest BCUT2D eigenvalue weighted by Gasteiger charge is -2.15. The van der Waals surface area contributed by atoms with Gasteiger partial charge in [0.1, 0.15) is 0 Å². The molecule has 0 heterocycles.